The maximum atomic E-state index is 13.4. The number of halogens is 1. The summed E-state index contributed by atoms with van der Waals surface area (Å²) in [5.74, 6) is -1.02. The lowest BCUT2D eigenvalue weighted by Crippen LogP contribution is -2.26. The normalized spacial score (nSPS) is 11.3. The molecule has 0 aliphatic rings. The number of benzene rings is 1. The lowest BCUT2D eigenvalue weighted by atomic mass is 10.1. The van der Waals surface area contributed by atoms with Gasteiger partial charge in [-0.3, -0.25) is 4.79 Å². The second-order valence-corrected chi connectivity index (χ2v) is 6.67. The zero-order chi connectivity index (χ0) is 14.6. The van der Waals surface area contributed by atoms with Crippen molar-refractivity contribution in [1.82, 2.24) is 5.32 Å². The Morgan fingerprint density at radius 1 is 1.42 bits per heavy atom. The van der Waals surface area contributed by atoms with Crippen LogP contribution in [0.25, 0.3) is 0 Å². The average molecular weight is 288 g/mol. The highest BCUT2D eigenvalue weighted by Gasteiger charge is 2.11. The summed E-state index contributed by atoms with van der Waals surface area (Å²) >= 11 is 0. The van der Waals surface area contributed by atoms with Crippen LogP contribution in [0.2, 0.25) is 0 Å². The SMILES string of the molecule is Cc1c(N)cc(C(=O)NCCCS(C)(=O)=O)cc1F. The Morgan fingerprint density at radius 2 is 2.05 bits per heavy atom. The Balaban J connectivity index is 2.60. The zero-order valence-corrected chi connectivity index (χ0v) is 11.7. The number of rotatable bonds is 5. The number of hydrogen-bond donors (Lipinski definition) is 2. The Kier molecular flexibility index (Phi) is 4.88. The minimum atomic E-state index is -3.04. The van der Waals surface area contributed by atoms with Crippen molar-refractivity contribution in [2.75, 3.05) is 24.3 Å². The van der Waals surface area contributed by atoms with Crippen LogP contribution in [-0.2, 0) is 9.84 Å². The van der Waals surface area contributed by atoms with E-state index < -0.39 is 21.6 Å². The first-order chi connectivity index (χ1) is 8.70. The molecule has 5 nitrogen and oxygen atoms in total. The molecule has 1 amide bonds. The highest BCUT2D eigenvalue weighted by molar-refractivity contribution is 7.90. The third kappa shape index (κ3) is 4.86. The molecule has 106 valence electrons. The van der Waals surface area contributed by atoms with E-state index in [-0.39, 0.29) is 23.5 Å². The fourth-order valence-electron chi connectivity index (χ4n) is 1.47. The van der Waals surface area contributed by atoms with E-state index in [9.17, 15) is 17.6 Å². The number of nitrogens with one attached hydrogen (secondary N) is 1. The molecule has 0 saturated carbocycles. The van der Waals surface area contributed by atoms with E-state index in [2.05, 4.69) is 5.32 Å². The number of anilines is 1. The van der Waals surface area contributed by atoms with Gasteiger partial charge in [0.25, 0.3) is 5.91 Å². The molecule has 1 aromatic carbocycles. The van der Waals surface area contributed by atoms with Crippen LogP contribution >= 0.6 is 0 Å². The van der Waals surface area contributed by atoms with Gasteiger partial charge < -0.3 is 11.1 Å². The quantitative estimate of drug-likeness (QED) is 0.622. The van der Waals surface area contributed by atoms with E-state index in [4.69, 9.17) is 5.73 Å². The number of carbonyl (C=O) groups is 1. The van der Waals surface area contributed by atoms with Crippen molar-refractivity contribution in [1.29, 1.82) is 0 Å². The fraction of sp³-hybridized carbons (Fsp3) is 0.417. The van der Waals surface area contributed by atoms with Crippen LogP contribution in [0.3, 0.4) is 0 Å². The molecule has 1 aromatic rings. The van der Waals surface area contributed by atoms with Gasteiger partial charge in [0.2, 0.25) is 0 Å². The van der Waals surface area contributed by atoms with Crippen LogP contribution in [0.15, 0.2) is 12.1 Å². The highest BCUT2D eigenvalue weighted by atomic mass is 32.2. The van der Waals surface area contributed by atoms with Crippen molar-refractivity contribution in [3.63, 3.8) is 0 Å². The number of carbonyl (C=O) groups excluding carboxylic acids is 1. The molecule has 0 unspecified atom stereocenters. The molecule has 0 atom stereocenters. The van der Waals surface area contributed by atoms with Crippen LogP contribution in [0.4, 0.5) is 10.1 Å². The van der Waals surface area contributed by atoms with Crippen LogP contribution in [0, 0.1) is 12.7 Å². The predicted octanol–water partition coefficient (Wildman–Crippen LogP) is 0.881. The summed E-state index contributed by atoms with van der Waals surface area (Å²) < 4.78 is 35.2. The summed E-state index contributed by atoms with van der Waals surface area (Å²) in [5.41, 5.74) is 6.21. The van der Waals surface area contributed by atoms with E-state index >= 15 is 0 Å². The molecule has 0 spiro atoms. The number of nitrogen functional groups attached to an aromatic ring is 1. The van der Waals surface area contributed by atoms with Gasteiger partial charge in [-0.1, -0.05) is 0 Å². The molecule has 1 rings (SSSR count). The van der Waals surface area contributed by atoms with Crippen LogP contribution in [0.1, 0.15) is 22.3 Å². The molecular weight excluding hydrogens is 271 g/mol. The summed E-state index contributed by atoms with van der Waals surface area (Å²) in [6.45, 7) is 1.74. The topological polar surface area (TPSA) is 89.3 Å². The van der Waals surface area contributed by atoms with Gasteiger partial charge in [0.15, 0.2) is 0 Å². The van der Waals surface area contributed by atoms with E-state index in [0.29, 0.717) is 12.0 Å². The molecule has 0 aliphatic carbocycles. The summed E-state index contributed by atoms with van der Waals surface area (Å²) in [6.07, 6.45) is 1.44. The van der Waals surface area contributed by atoms with Crippen molar-refractivity contribution >= 4 is 21.4 Å². The Labute approximate surface area is 111 Å². The second-order valence-electron chi connectivity index (χ2n) is 4.41. The second kappa shape index (κ2) is 6.01. The molecule has 0 aromatic heterocycles. The Bertz CT molecular complexity index is 562. The molecule has 0 saturated heterocycles. The molecule has 0 bridgehead atoms. The summed E-state index contributed by atoms with van der Waals surface area (Å²) in [5, 5.41) is 2.52. The fourth-order valence-corrected chi connectivity index (χ4v) is 2.14. The third-order valence-electron chi connectivity index (χ3n) is 2.62. The lowest BCUT2D eigenvalue weighted by Gasteiger charge is -2.08. The van der Waals surface area contributed by atoms with Gasteiger partial charge in [-0.15, -0.1) is 0 Å². The maximum absolute atomic E-state index is 13.4. The monoisotopic (exact) mass is 288 g/mol. The van der Waals surface area contributed by atoms with Crippen molar-refractivity contribution < 1.29 is 17.6 Å². The third-order valence-corrected chi connectivity index (χ3v) is 3.65. The van der Waals surface area contributed by atoms with E-state index in [1.165, 1.54) is 13.0 Å². The smallest absolute Gasteiger partial charge is 0.251 e. The first-order valence-corrected chi connectivity index (χ1v) is 7.78. The number of hydrogen-bond acceptors (Lipinski definition) is 4. The number of amides is 1. The summed E-state index contributed by atoms with van der Waals surface area (Å²) in [4.78, 5) is 11.7. The van der Waals surface area contributed by atoms with Gasteiger partial charge in [-0.25, -0.2) is 12.8 Å². The molecule has 19 heavy (non-hydrogen) atoms. The van der Waals surface area contributed by atoms with Gasteiger partial charge in [0, 0.05) is 29.6 Å². The number of nitrogens with two attached hydrogens (primary N) is 1. The van der Waals surface area contributed by atoms with Crippen LogP contribution in [0.5, 0.6) is 0 Å². The highest BCUT2D eigenvalue weighted by Crippen LogP contribution is 2.17. The van der Waals surface area contributed by atoms with Crippen molar-refractivity contribution in [2.24, 2.45) is 0 Å². The van der Waals surface area contributed by atoms with Crippen molar-refractivity contribution in [3.8, 4) is 0 Å². The summed E-state index contributed by atoms with van der Waals surface area (Å²) in [7, 11) is -3.04. The molecule has 0 radical (unpaired) electrons. The Hall–Kier alpha value is -1.63. The lowest BCUT2D eigenvalue weighted by molar-refractivity contribution is 0.0953. The number of sulfone groups is 1. The van der Waals surface area contributed by atoms with Gasteiger partial charge in [0.1, 0.15) is 15.7 Å². The Morgan fingerprint density at radius 3 is 2.58 bits per heavy atom. The molecular formula is C12H17FN2O3S. The molecule has 0 aliphatic heterocycles. The molecule has 0 fully saturated rings. The summed E-state index contributed by atoms with van der Waals surface area (Å²) in [6, 6.07) is 2.50. The van der Waals surface area contributed by atoms with Gasteiger partial charge >= 0.3 is 0 Å². The largest absolute Gasteiger partial charge is 0.398 e. The van der Waals surface area contributed by atoms with E-state index in [0.717, 1.165) is 12.3 Å². The van der Waals surface area contributed by atoms with Gasteiger partial charge in [0.05, 0.1) is 5.75 Å². The average Bonchev–Trinajstić information content (AvgIpc) is 2.29. The van der Waals surface area contributed by atoms with Crippen molar-refractivity contribution in [2.45, 2.75) is 13.3 Å². The maximum Gasteiger partial charge on any atom is 0.251 e. The van der Waals surface area contributed by atoms with Gasteiger partial charge in [-0.05, 0) is 25.5 Å². The first-order valence-electron chi connectivity index (χ1n) is 5.72. The predicted molar refractivity (Wildman–Crippen MR) is 72.2 cm³/mol. The molecule has 0 heterocycles. The zero-order valence-electron chi connectivity index (χ0n) is 10.9. The van der Waals surface area contributed by atoms with E-state index in [1.54, 1.807) is 0 Å². The minimum Gasteiger partial charge on any atom is -0.398 e. The van der Waals surface area contributed by atoms with E-state index in [1.807, 2.05) is 0 Å². The first kappa shape index (κ1) is 15.4. The molecule has 3 N–H and O–H groups in total. The van der Waals surface area contributed by atoms with Crippen LogP contribution in [-0.4, -0.2) is 32.9 Å². The standard InChI is InChI=1S/C12H17FN2O3S/c1-8-10(13)6-9(7-11(8)14)12(16)15-4-3-5-19(2,17)18/h6-7H,3-5,14H2,1-2H3,(H,15,16). The van der Waals surface area contributed by atoms with Gasteiger partial charge in [-0.2, -0.15) is 0 Å². The van der Waals surface area contributed by atoms with Crippen molar-refractivity contribution in [3.05, 3.63) is 29.1 Å². The molecule has 7 heteroatoms. The van der Waals surface area contributed by atoms with Crippen LogP contribution < -0.4 is 11.1 Å². The minimum absolute atomic E-state index is 0.00230.